The number of alkyl halides is 9. The molecule has 0 atom stereocenters. The zero-order chi connectivity index (χ0) is 52.7. The number of hydrogen-bond acceptors (Lipinski definition) is 13. The molecule has 0 saturated heterocycles. The van der Waals surface area contributed by atoms with Crippen LogP contribution in [-0.2, 0) is 55.9 Å². The molecule has 0 aromatic carbocycles. The molecular weight excluding hydrogens is 1110 g/mol. The van der Waals surface area contributed by atoms with E-state index in [9.17, 15) is 53.9 Å². The summed E-state index contributed by atoms with van der Waals surface area (Å²) in [5.41, 5.74) is 1.03. The first-order valence-electron chi connectivity index (χ1n) is 20.9. The van der Waals surface area contributed by atoms with E-state index in [4.69, 9.17) is 10.1 Å². The van der Waals surface area contributed by atoms with Gasteiger partial charge in [0, 0.05) is 46.2 Å². The predicted octanol–water partition coefficient (Wildman–Crippen LogP) is 12.8. The second-order valence-corrected chi connectivity index (χ2v) is 16.0. The van der Waals surface area contributed by atoms with E-state index in [1.54, 1.807) is 29.7 Å². The molecule has 0 N–H and O–H groups in total. The Morgan fingerprint density at radius 1 is 0.685 bits per heavy atom. The molecule has 6 aromatic rings. The molecule has 0 fully saturated rings. The zero-order valence-corrected chi connectivity index (χ0v) is 41.1. The Morgan fingerprint density at radius 2 is 1.21 bits per heavy atom. The van der Waals surface area contributed by atoms with Gasteiger partial charge in [-0.25, -0.2) is 4.98 Å². The Balaban J connectivity index is 0.000000382. The molecule has 0 bridgehead atoms. The van der Waals surface area contributed by atoms with Crippen LogP contribution in [0.1, 0.15) is 77.6 Å². The van der Waals surface area contributed by atoms with Crippen LogP contribution >= 0.6 is 23.6 Å². The van der Waals surface area contributed by atoms with Gasteiger partial charge in [0.15, 0.2) is 0 Å². The topological polar surface area (TPSA) is 180 Å². The summed E-state index contributed by atoms with van der Waals surface area (Å²) in [5.74, 6) is -1.38. The number of aromatic nitrogens is 6. The molecule has 13 nitrogen and oxygen atoms in total. The predicted molar refractivity (Wildman–Crippen MR) is 252 cm³/mol. The number of halogens is 9. The minimum absolute atomic E-state index is 0. The van der Waals surface area contributed by atoms with Gasteiger partial charge in [-0.2, -0.15) is 44.7 Å². The molecule has 6 rings (SSSR count). The smallest absolute Gasteiger partial charge is 0.753 e. The van der Waals surface area contributed by atoms with Gasteiger partial charge >= 0.3 is 38.0 Å². The number of thiophene rings is 1. The van der Waals surface area contributed by atoms with E-state index in [1.807, 2.05) is 12.2 Å². The molecule has 0 unspecified atom stereocenters. The average molecular weight is 1150 g/mol. The maximum atomic E-state index is 12.8. The number of carbonyl (C=O) groups is 3. The molecular formula is C48H38F9N7O6RuS2. The minimum Gasteiger partial charge on any atom is -0.753 e. The zero-order valence-electron chi connectivity index (χ0n) is 37.7. The number of unbranched alkanes of at least 4 members (excludes halogenated alkanes) is 3. The van der Waals surface area contributed by atoms with Gasteiger partial charge in [0.25, 0.3) is 19.4 Å². The Hall–Kier alpha value is -7.07. The molecule has 0 aliphatic heterocycles. The molecule has 0 amide bonds. The number of nitrogens with zero attached hydrogens (tertiary/aromatic N) is 7. The summed E-state index contributed by atoms with van der Waals surface area (Å²) in [6, 6.07) is 16.6. The van der Waals surface area contributed by atoms with Crippen molar-refractivity contribution in [2.45, 2.75) is 70.4 Å². The Labute approximate surface area is 432 Å². The van der Waals surface area contributed by atoms with Gasteiger partial charge in [0.2, 0.25) is 0 Å². The summed E-state index contributed by atoms with van der Waals surface area (Å²) in [4.78, 5) is 51.6. The Bertz CT molecular complexity index is 2780. The van der Waals surface area contributed by atoms with E-state index in [0.717, 1.165) is 35.1 Å². The SMILES string of the molecule is CCCCCCc1ccc(/C=C/c2ccnc(-c3cc(C(F)(F)F)n[n-]3)c2)s1.O=CO/C(=C/c1ccnc(-c2cc(OC=O)cc(-c3cc(/C=C(\CC(F)(F)F)OC=O)ccn3)n2)c1)CC(F)(F)F.[N-]=C=S.[Ru+2]. The molecule has 6 aromatic heterocycles. The third-order valence-corrected chi connectivity index (χ3v) is 10.3. The van der Waals surface area contributed by atoms with E-state index in [2.05, 4.69) is 70.9 Å². The van der Waals surface area contributed by atoms with Crippen molar-refractivity contribution in [2.75, 3.05) is 0 Å². The van der Waals surface area contributed by atoms with Crippen molar-refractivity contribution in [3.05, 3.63) is 134 Å². The number of isothiocyanates is 1. The number of ether oxygens (including phenoxy) is 3. The third-order valence-electron chi connectivity index (χ3n) is 9.15. The van der Waals surface area contributed by atoms with Gasteiger partial charge < -0.3 is 29.8 Å². The van der Waals surface area contributed by atoms with Crippen molar-refractivity contribution < 1.29 is 87.6 Å². The number of hydrogen-bond donors (Lipinski definition) is 0. The van der Waals surface area contributed by atoms with Gasteiger partial charge in [-0.1, -0.05) is 50.2 Å². The van der Waals surface area contributed by atoms with Gasteiger partial charge in [-0.15, -0.1) is 11.3 Å². The van der Waals surface area contributed by atoms with Gasteiger partial charge in [0.05, 0.1) is 22.8 Å². The molecule has 25 heteroatoms. The van der Waals surface area contributed by atoms with Crippen molar-refractivity contribution in [1.29, 1.82) is 0 Å². The molecule has 0 aliphatic rings. The van der Waals surface area contributed by atoms with Crippen LogP contribution in [0.25, 0.3) is 63.9 Å². The largest absolute Gasteiger partial charge is 2.00 e. The molecule has 0 spiro atoms. The number of carbonyl (C=O) groups excluding carboxylic acids is 3. The van der Waals surface area contributed by atoms with E-state index in [-0.39, 0.29) is 84.2 Å². The summed E-state index contributed by atoms with van der Waals surface area (Å²) >= 11 is 5.47. The van der Waals surface area contributed by atoms with Crippen LogP contribution in [0.4, 0.5) is 39.5 Å². The average Bonchev–Trinajstić information content (AvgIpc) is 4.01. The first-order valence-corrected chi connectivity index (χ1v) is 22.1. The summed E-state index contributed by atoms with van der Waals surface area (Å²) in [6.07, 6.45) is -0.744. The quantitative estimate of drug-likeness (QED) is 0.0134. The summed E-state index contributed by atoms with van der Waals surface area (Å²) in [7, 11) is 0. The first kappa shape index (κ1) is 60.2. The summed E-state index contributed by atoms with van der Waals surface area (Å²) in [5, 5.41) is 15.3. The van der Waals surface area contributed by atoms with Crippen molar-refractivity contribution in [1.82, 2.24) is 30.1 Å². The van der Waals surface area contributed by atoms with E-state index >= 15 is 0 Å². The van der Waals surface area contributed by atoms with Crippen LogP contribution in [0.15, 0.2) is 96.8 Å². The van der Waals surface area contributed by atoms with Crippen LogP contribution < -0.4 is 9.84 Å². The standard InChI is InChI=1S/C26H17F6N3O6.C21H21F3N3S.CNS.Ru/c27-25(28,29)11-19(40-14-37)5-16-1-3-33-21(7-16)23-9-18(39-13-36)10-24(35-23)22-8-17(2-4-34-22)6-20(41-15-38)12-26(30,31)32;1-2-3-4-5-6-16-9-10-17(28-16)8-7-15-11-12-25-18(13-15)19-14-20(27-26-19)21(22,23)24;2-1-3;/h1-10,13-15H,11-12H2;7-14H,2-6H2,1H3;;/q;2*-1;+2/b19-5+,20-6+;8-7+;;. The Morgan fingerprint density at radius 3 is 1.68 bits per heavy atom. The maximum absolute atomic E-state index is 12.8. The van der Waals surface area contributed by atoms with Gasteiger partial charge in [-0.05, 0) is 102 Å². The normalized spacial score (nSPS) is 11.8. The van der Waals surface area contributed by atoms with Gasteiger partial charge in [0.1, 0.15) is 35.8 Å². The van der Waals surface area contributed by atoms with Crippen molar-refractivity contribution in [3.63, 3.8) is 0 Å². The maximum Gasteiger partial charge on any atom is 2.00 e. The number of pyridine rings is 4. The molecule has 6 heterocycles. The van der Waals surface area contributed by atoms with E-state index in [1.165, 1.54) is 84.5 Å². The number of allylic oxidation sites excluding steroid dienone is 2. The third kappa shape index (κ3) is 21.7. The van der Waals surface area contributed by atoms with E-state index in [0.29, 0.717) is 5.69 Å². The Kier molecular flexibility index (Phi) is 24.3. The monoisotopic (exact) mass is 1150 g/mol. The first-order chi connectivity index (χ1) is 34.3. The van der Waals surface area contributed by atoms with Crippen LogP contribution in [0.5, 0.6) is 5.75 Å². The van der Waals surface area contributed by atoms with E-state index < -0.39 is 48.6 Å². The minimum atomic E-state index is -4.65. The van der Waals surface area contributed by atoms with Crippen molar-refractivity contribution in [3.8, 4) is 39.9 Å². The van der Waals surface area contributed by atoms with Crippen LogP contribution in [-0.4, -0.2) is 62.0 Å². The van der Waals surface area contributed by atoms with Crippen LogP contribution in [0.2, 0.25) is 0 Å². The van der Waals surface area contributed by atoms with Gasteiger partial charge in [-0.3, -0.25) is 29.3 Å². The van der Waals surface area contributed by atoms with Crippen LogP contribution in [0, 0.1) is 0 Å². The van der Waals surface area contributed by atoms with Crippen molar-refractivity contribution in [2.24, 2.45) is 0 Å². The molecule has 0 saturated carbocycles. The fraction of sp³-hybridized carbons (Fsp3) is 0.229. The second-order valence-electron chi connectivity index (χ2n) is 14.6. The number of thiocarbonyl (C=S) groups is 1. The number of aryl methyl sites for hydroxylation is 1. The molecule has 73 heavy (non-hydrogen) atoms. The summed E-state index contributed by atoms with van der Waals surface area (Å²) < 4.78 is 129. The van der Waals surface area contributed by atoms with Crippen LogP contribution in [0.3, 0.4) is 0 Å². The summed E-state index contributed by atoms with van der Waals surface area (Å²) in [6.45, 7) is 2.06. The van der Waals surface area contributed by atoms with Crippen molar-refractivity contribution >= 4 is 72.4 Å². The molecule has 384 valence electrons. The molecule has 0 radical (unpaired) electrons. The fourth-order valence-corrected chi connectivity index (χ4v) is 7.12. The number of rotatable bonds is 20. The fourth-order valence-electron chi connectivity index (χ4n) is 6.16. The second kappa shape index (κ2) is 29.5. The molecule has 0 aliphatic carbocycles.